The number of hydrogen-bond acceptors (Lipinski definition) is 5. The second kappa shape index (κ2) is 6.35. The number of benzene rings is 1. The Labute approximate surface area is 131 Å². The summed E-state index contributed by atoms with van der Waals surface area (Å²) >= 11 is 1.31. The van der Waals surface area contributed by atoms with Gasteiger partial charge in [0.2, 0.25) is 5.13 Å². The number of rotatable bonds is 4. The maximum absolute atomic E-state index is 11.9. The van der Waals surface area contributed by atoms with Crippen molar-refractivity contribution in [2.75, 3.05) is 10.6 Å². The highest BCUT2D eigenvalue weighted by Gasteiger charge is 2.10. The number of hydrogen-bond donors (Lipinski definition) is 2. The fourth-order valence-corrected chi connectivity index (χ4v) is 2.56. The van der Waals surface area contributed by atoms with Crippen molar-refractivity contribution in [1.29, 1.82) is 0 Å². The van der Waals surface area contributed by atoms with Crippen molar-refractivity contribution in [1.82, 2.24) is 19.7 Å². The molecule has 2 amide bonds. The van der Waals surface area contributed by atoms with Gasteiger partial charge in [0.05, 0.1) is 6.33 Å². The zero-order chi connectivity index (χ0) is 15.4. The van der Waals surface area contributed by atoms with Gasteiger partial charge in [0, 0.05) is 18.3 Å². The van der Waals surface area contributed by atoms with Crippen molar-refractivity contribution in [3.05, 3.63) is 42.9 Å². The lowest BCUT2D eigenvalue weighted by Crippen LogP contribution is -2.19. The van der Waals surface area contributed by atoms with E-state index in [1.807, 2.05) is 41.8 Å². The van der Waals surface area contributed by atoms with E-state index in [1.54, 1.807) is 12.5 Å². The van der Waals surface area contributed by atoms with Crippen LogP contribution in [-0.2, 0) is 6.54 Å². The number of anilines is 2. The molecule has 22 heavy (non-hydrogen) atoms. The first kappa shape index (κ1) is 14.2. The number of carbonyl (C=O) groups excluding carboxylic acids is 1. The van der Waals surface area contributed by atoms with Gasteiger partial charge in [-0.25, -0.2) is 9.78 Å². The Morgan fingerprint density at radius 3 is 2.77 bits per heavy atom. The Hall–Kier alpha value is -2.74. The van der Waals surface area contributed by atoms with Gasteiger partial charge in [-0.2, -0.15) is 0 Å². The van der Waals surface area contributed by atoms with Crippen LogP contribution in [-0.4, -0.2) is 25.8 Å². The van der Waals surface area contributed by atoms with E-state index in [-0.39, 0.29) is 0 Å². The number of urea groups is 1. The maximum atomic E-state index is 11.9. The number of carbonyl (C=O) groups is 1. The zero-order valence-corrected chi connectivity index (χ0v) is 12.7. The second-order valence-electron chi connectivity index (χ2n) is 4.45. The van der Waals surface area contributed by atoms with E-state index < -0.39 is 6.03 Å². The van der Waals surface area contributed by atoms with Crippen LogP contribution in [0.2, 0.25) is 0 Å². The maximum Gasteiger partial charge on any atom is 0.326 e. The normalized spacial score (nSPS) is 10.4. The Morgan fingerprint density at radius 2 is 2.05 bits per heavy atom. The van der Waals surface area contributed by atoms with Crippen molar-refractivity contribution in [2.24, 2.45) is 0 Å². The molecule has 2 heterocycles. The van der Waals surface area contributed by atoms with Crippen molar-refractivity contribution >= 4 is 28.3 Å². The first-order chi connectivity index (χ1) is 10.7. The summed E-state index contributed by atoms with van der Waals surface area (Å²) in [5.41, 5.74) is 0.968. The lowest BCUT2D eigenvalue weighted by Gasteiger charge is -2.01. The van der Waals surface area contributed by atoms with Crippen LogP contribution in [0.25, 0.3) is 10.6 Å². The van der Waals surface area contributed by atoms with Crippen molar-refractivity contribution in [3.8, 4) is 10.6 Å². The standard InChI is InChI=1S/C14H14N6OS/c1-2-20-8-11(15-9-20)16-13(21)17-14-19-18-12(22-14)10-6-4-3-5-7-10/h3-9H,2H2,1H3,(H2,16,17,19,21). The van der Waals surface area contributed by atoms with E-state index in [9.17, 15) is 4.79 Å². The Balaban J connectivity index is 1.63. The van der Waals surface area contributed by atoms with Crippen LogP contribution in [0.1, 0.15) is 6.92 Å². The molecule has 112 valence electrons. The topological polar surface area (TPSA) is 84.7 Å². The quantitative estimate of drug-likeness (QED) is 0.775. The Kier molecular flexibility index (Phi) is 4.10. The molecule has 0 aliphatic carbocycles. The molecule has 0 aliphatic rings. The van der Waals surface area contributed by atoms with Gasteiger partial charge >= 0.3 is 6.03 Å². The average molecular weight is 314 g/mol. The summed E-state index contributed by atoms with van der Waals surface area (Å²) in [5, 5.41) is 14.5. The van der Waals surface area contributed by atoms with Crippen molar-refractivity contribution in [2.45, 2.75) is 13.5 Å². The number of nitrogens with one attached hydrogen (secondary N) is 2. The molecule has 0 saturated carbocycles. The van der Waals surface area contributed by atoms with Gasteiger partial charge in [0.1, 0.15) is 5.01 Å². The molecule has 0 bridgehead atoms. The second-order valence-corrected chi connectivity index (χ2v) is 5.42. The van der Waals surface area contributed by atoms with E-state index in [0.717, 1.165) is 17.1 Å². The van der Waals surface area contributed by atoms with Gasteiger partial charge in [0.25, 0.3) is 0 Å². The van der Waals surface area contributed by atoms with Crippen molar-refractivity contribution in [3.63, 3.8) is 0 Å². The van der Waals surface area contributed by atoms with Crippen LogP contribution in [0, 0.1) is 0 Å². The SMILES string of the molecule is CCn1cnc(NC(=O)Nc2nnc(-c3ccccc3)s2)c1. The third-order valence-corrected chi connectivity index (χ3v) is 3.79. The zero-order valence-electron chi connectivity index (χ0n) is 11.9. The van der Waals surface area contributed by atoms with Crippen molar-refractivity contribution < 1.29 is 4.79 Å². The molecule has 0 aliphatic heterocycles. The third kappa shape index (κ3) is 3.29. The van der Waals surface area contributed by atoms with Crippen LogP contribution >= 0.6 is 11.3 Å². The van der Waals surface area contributed by atoms with E-state index in [1.165, 1.54) is 11.3 Å². The molecule has 8 heteroatoms. The molecular formula is C14H14N6OS. The van der Waals surface area contributed by atoms with Gasteiger partial charge in [-0.1, -0.05) is 41.7 Å². The number of aryl methyl sites for hydroxylation is 1. The monoisotopic (exact) mass is 314 g/mol. The fraction of sp³-hybridized carbons (Fsp3) is 0.143. The molecule has 0 radical (unpaired) electrons. The minimum absolute atomic E-state index is 0.392. The molecule has 0 unspecified atom stereocenters. The molecule has 0 spiro atoms. The summed E-state index contributed by atoms with van der Waals surface area (Å²) in [5.74, 6) is 0.493. The Morgan fingerprint density at radius 1 is 1.23 bits per heavy atom. The molecule has 3 rings (SSSR count). The summed E-state index contributed by atoms with van der Waals surface area (Å²) in [6.45, 7) is 2.80. The summed E-state index contributed by atoms with van der Waals surface area (Å²) in [7, 11) is 0. The average Bonchev–Trinajstić information content (AvgIpc) is 3.17. The summed E-state index contributed by atoms with van der Waals surface area (Å²) < 4.78 is 1.87. The molecule has 0 fully saturated rings. The predicted octanol–water partition coefficient (Wildman–Crippen LogP) is 3.07. The number of nitrogens with zero attached hydrogens (tertiary/aromatic N) is 4. The minimum Gasteiger partial charge on any atom is -0.336 e. The largest absolute Gasteiger partial charge is 0.336 e. The molecule has 2 aromatic heterocycles. The molecule has 1 aromatic carbocycles. The highest BCUT2D eigenvalue weighted by atomic mass is 32.1. The first-order valence-corrected chi connectivity index (χ1v) is 7.55. The summed E-state index contributed by atoms with van der Waals surface area (Å²) in [4.78, 5) is 16.0. The molecule has 7 nitrogen and oxygen atoms in total. The summed E-state index contributed by atoms with van der Waals surface area (Å²) in [6, 6.07) is 9.30. The molecular weight excluding hydrogens is 300 g/mol. The molecule has 2 N–H and O–H groups in total. The summed E-state index contributed by atoms with van der Waals surface area (Å²) in [6.07, 6.45) is 3.42. The van der Waals surface area contributed by atoms with Gasteiger partial charge in [-0.15, -0.1) is 10.2 Å². The van der Waals surface area contributed by atoms with Gasteiger partial charge in [-0.05, 0) is 6.92 Å². The van der Waals surface area contributed by atoms with Crippen LogP contribution in [0.3, 0.4) is 0 Å². The van der Waals surface area contributed by atoms with Crippen LogP contribution < -0.4 is 10.6 Å². The molecule has 0 saturated heterocycles. The fourth-order valence-electron chi connectivity index (χ4n) is 1.81. The van der Waals surface area contributed by atoms with Gasteiger partial charge < -0.3 is 4.57 Å². The lowest BCUT2D eigenvalue weighted by molar-refractivity contribution is 0.262. The van der Waals surface area contributed by atoms with E-state index in [4.69, 9.17) is 0 Å². The predicted molar refractivity (Wildman–Crippen MR) is 85.9 cm³/mol. The highest BCUT2D eigenvalue weighted by Crippen LogP contribution is 2.25. The molecule has 0 atom stereocenters. The van der Waals surface area contributed by atoms with Crippen LogP contribution in [0.5, 0.6) is 0 Å². The van der Waals surface area contributed by atoms with E-state index >= 15 is 0 Å². The lowest BCUT2D eigenvalue weighted by atomic mass is 10.2. The smallest absolute Gasteiger partial charge is 0.326 e. The van der Waals surface area contributed by atoms with Crippen LogP contribution in [0.15, 0.2) is 42.9 Å². The Bertz CT molecular complexity index is 767. The third-order valence-electron chi connectivity index (χ3n) is 2.91. The first-order valence-electron chi connectivity index (χ1n) is 6.73. The molecule has 3 aromatic rings. The number of imidazole rings is 1. The van der Waals surface area contributed by atoms with Gasteiger partial charge in [0.15, 0.2) is 5.82 Å². The van der Waals surface area contributed by atoms with Gasteiger partial charge in [-0.3, -0.25) is 10.6 Å². The number of aromatic nitrogens is 4. The number of amides is 2. The minimum atomic E-state index is -0.392. The van der Waals surface area contributed by atoms with E-state index in [0.29, 0.717) is 10.9 Å². The van der Waals surface area contributed by atoms with Crippen LogP contribution in [0.4, 0.5) is 15.7 Å². The van der Waals surface area contributed by atoms with E-state index in [2.05, 4.69) is 25.8 Å². The highest BCUT2D eigenvalue weighted by molar-refractivity contribution is 7.18.